The van der Waals surface area contributed by atoms with Crippen molar-refractivity contribution < 1.29 is 4.42 Å². The van der Waals surface area contributed by atoms with Gasteiger partial charge in [0.1, 0.15) is 12.0 Å². The highest BCUT2D eigenvalue weighted by molar-refractivity contribution is 5.59. The molecule has 0 spiro atoms. The standard InChI is InChI=1S/C8H9N3O/c1-6-7(3-10-11(6)2)8-4-12-5-9-8/h3-5H,1-2H3. The summed E-state index contributed by atoms with van der Waals surface area (Å²) < 4.78 is 6.69. The van der Waals surface area contributed by atoms with Crippen LogP contribution in [0.15, 0.2) is 23.3 Å². The molecule has 0 saturated carbocycles. The molecule has 0 aliphatic rings. The van der Waals surface area contributed by atoms with Crippen molar-refractivity contribution in [2.45, 2.75) is 6.92 Å². The molecule has 2 aromatic rings. The van der Waals surface area contributed by atoms with Gasteiger partial charge in [-0.15, -0.1) is 0 Å². The molecule has 2 heterocycles. The first kappa shape index (κ1) is 7.09. The van der Waals surface area contributed by atoms with Gasteiger partial charge in [0.15, 0.2) is 6.39 Å². The molecule has 12 heavy (non-hydrogen) atoms. The molecule has 0 amide bonds. The third-order valence-electron chi connectivity index (χ3n) is 1.94. The van der Waals surface area contributed by atoms with Gasteiger partial charge < -0.3 is 4.42 Å². The molecular weight excluding hydrogens is 154 g/mol. The van der Waals surface area contributed by atoms with Crippen LogP contribution in [-0.2, 0) is 7.05 Å². The van der Waals surface area contributed by atoms with Crippen LogP contribution in [0.3, 0.4) is 0 Å². The minimum Gasteiger partial charge on any atom is -0.451 e. The van der Waals surface area contributed by atoms with Gasteiger partial charge in [0, 0.05) is 18.3 Å². The van der Waals surface area contributed by atoms with Crippen molar-refractivity contribution in [1.82, 2.24) is 14.8 Å². The molecule has 2 aromatic heterocycles. The molecule has 0 aromatic carbocycles. The number of hydrogen-bond donors (Lipinski definition) is 0. The number of aromatic nitrogens is 3. The molecule has 4 nitrogen and oxygen atoms in total. The number of nitrogens with zero attached hydrogens (tertiary/aromatic N) is 3. The van der Waals surface area contributed by atoms with Crippen molar-refractivity contribution in [1.29, 1.82) is 0 Å². The first-order chi connectivity index (χ1) is 5.79. The molecule has 0 radical (unpaired) electrons. The smallest absolute Gasteiger partial charge is 0.181 e. The molecule has 0 saturated heterocycles. The zero-order valence-corrected chi connectivity index (χ0v) is 6.98. The third kappa shape index (κ3) is 0.922. The normalized spacial score (nSPS) is 10.5. The predicted molar refractivity (Wildman–Crippen MR) is 43.4 cm³/mol. The van der Waals surface area contributed by atoms with Gasteiger partial charge in [-0.1, -0.05) is 0 Å². The van der Waals surface area contributed by atoms with Crippen LogP contribution in [0.4, 0.5) is 0 Å². The fourth-order valence-corrected chi connectivity index (χ4v) is 1.10. The monoisotopic (exact) mass is 163 g/mol. The van der Waals surface area contributed by atoms with E-state index < -0.39 is 0 Å². The van der Waals surface area contributed by atoms with E-state index in [1.807, 2.05) is 18.7 Å². The van der Waals surface area contributed by atoms with E-state index in [4.69, 9.17) is 4.42 Å². The minimum atomic E-state index is 0.834. The van der Waals surface area contributed by atoms with Crippen LogP contribution in [0.25, 0.3) is 11.3 Å². The number of rotatable bonds is 1. The summed E-state index contributed by atoms with van der Waals surface area (Å²) in [4.78, 5) is 4.04. The molecule has 0 N–H and O–H groups in total. The lowest BCUT2D eigenvalue weighted by atomic mass is 10.2. The third-order valence-corrected chi connectivity index (χ3v) is 1.94. The van der Waals surface area contributed by atoms with Crippen molar-refractivity contribution in [2.24, 2.45) is 7.05 Å². The molecule has 62 valence electrons. The van der Waals surface area contributed by atoms with Crippen LogP contribution in [0.1, 0.15) is 5.69 Å². The van der Waals surface area contributed by atoms with E-state index in [0.717, 1.165) is 17.0 Å². The Morgan fingerprint density at radius 1 is 1.50 bits per heavy atom. The Labute approximate surface area is 69.8 Å². The van der Waals surface area contributed by atoms with Crippen LogP contribution < -0.4 is 0 Å². The summed E-state index contributed by atoms with van der Waals surface area (Å²) in [6.07, 6.45) is 4.82. The number of aryl methyl sites for hydroxylation is 1. The Kier molecular flexibility index (Phi) is 1.46. The quantitative estimate of drug-likeness (QED) is 0.638. The van der Waals surface area contributed by atoms with E-state index in [1.54, 1.807) is 12.5 Å². The van der Waals surface area contributed by atoms with Crippen molar-refractivity contribution in [3.8, 4) is 11.3 Å². The maximum Gasteiger partial charge on any atom is 0.181 e. The van der Waals surface area contributed by atoms with Gasteiger partial charge in [-0.2, -0.15) is 5.10 Å². The topological polar surface area (TPSA) is 43.9 Å². The summed E-state index contributed by atoms with van der Waals surface area (Å²) in [7, 11) is 1.90. The molecule has 2 rings (SSSR count). The highest BCUT2D eigenvalue weighted by atomic mass is 16.3. The molecule has 0 fully saturated rings. The van der Waals surface area contributed by atoms with Gasteiger partial charge in [-0.05, 0) is 6.92 Å². The second kappa shape index (κ2) is 2.48. The van der Waals surface area contributed by atoms with Crippen molar-refractivity contribution >= 4 is 0 Å². The second-order valence-electron chi connectivity index (χ2n) is 2.64. The van der Waals surface area contributed by atoms with E-state index in [2.05, 4.69) is 10.1 Å². The van der Waals surface area contributed by atoms with Gasteiger partial charge in [0.2, 0.25) is 0 Å². The first-order valence-electron chi connectivity index (χ1n) is 3.66. The van der Waals surface area contributed by atoms with Gasteiger partial charge in [-0.3, -0.25) is 4.68 Å². The van der Waals surface area contributed by atoms with Gasteiger partial charge in [0.25, 0.3) is 0 Å². The highest BCUT2D eigenvalue weighted by Crippen LogP contribution is 2.19. The Hall–Kier alpha value is -1.58. The molecule has 0 unspecified atom stereocenters. The Bertz CT molecular complexity index is 375. The molecule has 0 aliphatic carbocycles. The summed E-state index contributed by atoms with van der Waals surface area (Å²) in [6.45, 7) is 2.00. The predicted octanol–water partition coefficient (Wildman–Crippen LogP) is 1.38. The fraction of sp³-hybridized carbons (Fsp3) is 0.250. The zero-order valence-electron chi connectivity index (χ0n) is 6.98. The Balaban J connectivity index is 2.55. The Morgan fingerprint density at radius 2 is 2.33 bits per heavy atom. The van der Waals surface area contributed by atoms with Crippen LogP contribution in [0.2, 0.25) is 0 Å². The maximum absolute atomic E-state index is 4.89. The van der Waals surface area contributed by atoms with Crippen LogP contribution in [0, 0.1) is 6.92 Å². The maximum atomic E-state index is 4.89. The van der Waals surface area contributed by atoms with Crippen LogP contribution in [-0.4, -0.2) is 14.8 Å². The lowest BCUT2D eigenvalue weighted by Crippen LogP contribution is -1.92. The lowest BCUT2D eigenvalue weighted by molar-refractivity contribution is 0.558. The van der Waals surface area contributed by atoms with Gasteiger partial charge in [0.05, 0.1) is 6.20 Å². The van der Waals surface area contributed by atoms with Gasteiger partial charge >= 0.3 is 0 Å². The SMILES string of the molecule is Cc1c(-c2cocn2)cnn1C. The first-order valence-corrected chi connectivity index (χ1v) is 3.66. The van der Waals surface area contributed by atoms with Crippen LogP contribution in [0.5, 0.6) is 0 Å². The lowest BCUT2D eigenvalue weighted by Gasteiger charge is -1.94. The van der Waals surface area contributed by atoms with E-state index in [0.29, 0.717) is 0 Å². The van der Waals surface area contributed by atoms with E-state index in [1.165, 1.54) is 6.39 Å². The molecule has 0 atom stereocenters. The largest absolute Gasteiger partial charge is 0.451 e. The second-order valence-corrected chi connectivity index (χ2v) is 2.64. The van der Waals surface area contributed by atoms with E-state index in [-0.39, 0.29) is 0 Å². The van der Waals surface area contributed by atoms with E-state index >= 15 is 0 Å². The zero-order chi connectivity index (χ0) is 8.55. The molecule has 4 heteroatoms. The van der Waals surface area contributed by atoms with Crippen LogP contribution >= 0.6 is 0 Å². The number of oxazole rings is 1. The highest BCUT2D eigenvalue weighted by Gasteiger charge is 2.07. The average Bonchev–Trinajstić information content (AvgIpc) is 2.64. The van der Waals surface area contributed by atoms with Crippen molar-refractivity contribution in [2.75, 3.05) is 0 Å². The van der Waals surface area contributed by atoms with E-state index in [9.17, 15) is 0 Å². The summed E-state index contributed by atoms with van der Waals surface area (Å²) in [6, 6.07) is 0. The summed E-state index contributed by atoms with van der Waals surface area (Å²) in [5, 5.41) is 4.11. The molecule has 0 aliphatic heterocycles. The summed E-state index contributed by atoms with van der Waals surface area (Å²) in [5.74, 6) is 0. The summed E-state index contributed by atoms with van der Waals surface area (Å²) in [5.41, 5.74) is 2.94. The minimum absolute atomic E-state index is 0.834. The summed E-state index contributed by atoms with van der Waals surface area (Å²) >= 11 is 0. The average molecular weight is 163 g/mol. The molecule has 0 bridgehead atoms. The fourth-order valence-electron chi connectivity index (χ4n) is 1.10. The van der Waals surface area contributed by atoms with Crippen molar-refractivity contribution in [3.63, 3.8) is 0 Å². The van der Waals surface area contributed by atoms with Gasteiger partial charge in [-0.25, -0.2) is 4.98 Å². The Morgan fingerprint density at radius 3 is 2.83 bits per heavy atom. The molecular formula is C8H9N3O. The van der Waals surface area contributed by atoms with Crippen molar-refractivity contribution in [3.05, 3.63) is 24.5 Å². The number of hydrogen-bond acceptors (Lipinski definition) is 3.